The second kappa shape index (κ2) is 5.48. The topological polar surface area (TPSA) is 44.9 Å². The molecule has 1 saturated carbocycles. The van der Waals surface area contributed by atoms with E-state index in [1.54, 1.807) is 0 Å². The Balaban J connectivity index is 1.87. The predicted octanol–water partition coefficient (Wildman–Crippen LogP) is 4.43. The molecule has 0 amide bonds. The number of para-hydroxylation sites is 1. The summed E-state index contributed by atoms with van der Waals surface area (Å²) in [5.41, 5.74) is 2.89. The van der Waals surface area contributed by atoms with E-state index in [-0.39, 0.29) is 5.43 Å². The number of benzene rings is 2. The summed E-state index contributed by atoms with van der Waals surface area (Å²) in [6.07, 6.45) is 6.28. The van der Waals surface area contributed by atoms with Gasteiger partial charge in [-0.1, -0.05) is 37.5 Å². The van der Waals surface area contributed by atoms with Crippen LogP contribution in [-0.2, 0) is 0 Å². The lowest BCUT2D eigenvalue weighted by Crippen LogP contribution is -2.23. The summed E-state index contributed by atoms with van der Waals surface area (Å²) in [5, 5.41) is 5.15. The van der Waals surface area contributed by atoms with Gasteiger partial charge < -0.3 is 10.3 Å². The molecule has 1 fully saturated rings. The van der Waals surface area contributed by atoms with E-state index in [4.69, 9.17) is 0 Å². The van der Waals surface area contributed by atoms with Gasteiger partial charge in [0.1, 0.15) is 0 Å². The second-order valence-electron chi connectivity index (χ2n) is 6.21. The van der Waals surface area contributed by atoms with Crippen molar-refractivity contribution in [1.29, 1.82) is 0 Å². The molecule has 0 atom stereocenters. The summed E-state index contributed by atoms with van der Waals surface area (Å²) in [5.74, 6) is 0. The van der Waals surface area contributed by atoms with Crippen LogP contribution < -0.4 is 10.7 Å². The van der Waals surface area contributed by atoms with Crippen LogP contribution in [0.15, 0.2) is 47.3 Å². The quantitative estimate of drug-likeness (QED) is 0.686. The minimum absolute atomic E-state index is 0.114. The maximum absolute atomic E-state index is 12.9. The number of pyridine rings is 1. The van der Waals surface area contributed by atoms with Crippen LogP contribution >= 0.6 is 0 Å². The van der Waals surface area contributed by atoms with Crippen molar-refractivity contribution < 1.29 is 0 Å². The highest BCUT2D eigenvalue weighted by Crippen LogP contribution is 2.26. The van der Waals surface area contributed by atoms with Crippen molar-refractivity contribution in [3.63, 3.8) is 0 Å². The molecule has 0 spiro atoms. The van der Waals surface area contributed by atoms with E-state index >= 15 is 0 Å². The lowest BCUT2D eigenvalue weighted by atomic mass is 9.95. The Morgan fingerprint density at radius 3 is 2.55 bits per heavy atom. The lowest BCUT2D eigenvalue weighted by molar-refractivity contribution is 0.463. The summed E-state index contributed by atoms with van der Waals surface area (Å²) in [6.45, 7) is 0. The van der Waals surface area contributed by atoms with Crippen molar-refractivity contribution in [2.24, 2.45) is 0 Å². The highest BCUT2D eigenvalue weighted by atomic mass is 16.1. The Hall–Kier alpha value is -2.29. The smallest absolute Gasteiger partial charge is 0.199 e. The van der Waals surface area contributed by atoms with Gasteiger partial charge in [0, 0.05) is 22.6 Å². The van der Waals surface area contributed by atoms with Crippen LogP contribution in [0.1, 0.15) is 32.1 Å². The summed E-state index contributed by atoms with van der Waals surface area (Å²) < 4.78 is 0. The van der Waals surface area contributed by atoms with Crippen LogP contribution in [0.2, 0.25) is 0 Å². The molecular weight excluding hydrogens is 272 g/mol. The van der Waals surface area contributed by atoms with E-state index in [0.717, 1.165) is 27.5 Å². The van der Waals surface area contributed by atoms with Crippen molar-refractivity contribution in [3.8, 4) is 0 Å². The summed E-state index contributed by atoms with van der Waals surface area (Å²) in [7, 11) is 0. The molecule has 4 rings (SSSR count). The zero-order valence-electron chi connectivity index (χ0n) is 12.6. The highest BCUT2D eigenvalue weighted by Gasteiger charge is 2.15. The maximum Gasteiger partial charge on any atom is 0.199 e. The van der Waals surface area contributed by atoms with E-state index in [1.807, 2.05) is 42.5 Å². The normalized spacial score (nSPS) is 16.2. The first kappa shape index (κ1) is 13.4. The predicted molar refractivity (Wildman–Crippen MR) is 92.6 cm³/mol. The Morgan fingerprint density at radius 2 is 1.68 bits per heavy atom. The molecule has 112 valence electrons. The van der Waals surface area contributed by atoms with Crippen LogP contribution in [-0.4, -0.2) is 11.0 Å². The van der Waals surface area contributed by atoms with Crippen molar-refractivity contribution >= 4 is 27.5 Å². The van der Waals surface area contributed by atoms with E-state index in [1.165, 1.54) is 32.1 Å². The van der Waals surface area contributed by atoms with Gasteiger partial charge in [0.15, 0.2) is 5.43 Å². The Labute approximate surface area is 129 Å². The number of aromatic amines is 1. The van der Waals surface area contributed by atoms with Gasteiger partial charge in [-0.3, -0.25) is 4.79 Å². The largest absolute Gasteiger partial charge is 0.382 e. The number of hydrogen-bond acceptors (Lipinski definition) is 2. The molecule has 0 bridgehead atoms. The third kappa shape index (κ3) is 2.27. The number of H-pyrrole nitrogens is 1. The molecule has 1 aromatic heterocycles. The molecule has 2 aromatic carbocycles. The van der Waals surface area contributed by atoms with Gasteiger partial charge >= 0.3 is 0 Å². The average molecular weight is 292 g/mol. The molecule has 1 aliphatic carbocycles. The third-order valence-corrected chi connectivity index (χ3v) is 4.70. The summed E-state index contributed by atoms with van der Waals surface area (Å²) in [6, 6.07) is 14.2. The van der Waals surface area contributed by atoms with Crippen LogP contribution in [0.3, 0.4) is 0 Å². The first-order chi connectivity index (χ1) is 10.8. The lowest BCUT2D eigenvalue weighted by Gasteiger charge is -2.24. The van der Waals surface area contributed by atoms with Crippen LogP contribution in [0, 0.1) is 0 Å². The van der Waals surface area contributed by atoms with Crippen LogP contribution in [0.25, 0.3) is 21.8 Å². The van der Waals surface area contributed by atoms with Crippen LogP contribution in [0.5, 0.6) is 0 Å². The monoisotopic (exact) mass is 292 g/mol. The molecular formula is C19H20N2O. The first-order valence-electron chi connectivity index (χ1n) is 8.13. The molecule has 0 aliphatic heterocycles. The molecule has 3 nitrogen and oxygen atoms in total. The third-order valence-electron chi connectivity index (χ3n) is 4.70. The molecule has 0 saturated heterocycles. The molecule has 2 N–H and O–H groups in total. The van der Waals surface area contributed by atoms with Gasteiger partial charge in [0.2, 0.25) is 0 Å². The van der Waals surface area contributed by atoms with Gasteiger partial charge in [0.05, 0.1) is 10.9 Å². The first-order valence-corrected chi connectivity index (χ1v) is 8.13. The SMILES string of the molecule is O=c1c2ccccc2[nH]c2cccc(NC3CCCCC3)c12. The number of anilines is 1. The molecule has 0 unspecified atom stereocenters. The minimum atomic E-state index is 0.114. The van der Waals surface area contributed by atoms with Gasteiger partial charge in [-0.25, -0.2) is 0 Å². The summed E-state index contributed by atoms with van der Waals surface area (Å²) in [4.78, 5) is 16.3. The van der Waals surface area contributed by atoms with E-state index in [2.05, 4.69) is 10.3 Å². The van der Waals surface area contributed by atoms with Crippen molar-refractivity contribution in [2.45, 2.75) is 38.1 Å². The van der Waals surface area contributed by atoms with Gasteiger partial charge in [-0.05, 0) is 37.1 Å². The standard InChI is InChI=1S/C19H20N2O/c22-19-14-9-4-5-10-15(14)21-17-12-6-11-16(18(17)19)20-13-7-2-1-3-8-13/h4-6,9-13,20H,1-3,7-8H2,(H,21,22). The average Bonchev–Trinajstić information content (AvgIpc) is 2.56. The molecule has 1 aliphatic rings. The van der Waals surface area contributed by atoms with E-state index in [9.17, 15) is 4.79 Å². The number of fused-ring (bicyclic) bond motifs is 2. The fraction of sp³-hybridized carbons (Fsp3) is 0.316. The zero-order chi connectivity index (χ0) is 14.9. The molecule has 22 heavy (non-hydrogen) atoms. The zero-order valence-corrected chi connectivity index (χ0v) is 12.6. The van der Waals surface area contributed by atoms with E-state index in [0.29, 0.717) is 6.04 Å². The fourth-order valence-electron chi connectivity index (χ4n) is 3.56. The van der Waals surface area contributed by atoms with Crippen LogP contribution in [0.4, 0.5) is 5.69 Å². The Kier molecular flexibility index (Phi) is 3.34. The number of aromatic nitrogens is 1. The number of hydrogen-bond donors (Lipinski definition) is 2. The minimum Gasteiger partial charge on any atom is -0.382 e. The summed E-state index contributed by atoms with van der Waals surface area (Å²) >= 11 is 0. The van der Waals surface area contributed by atoms with Gasteiger partial charge in [-0.2, -0.15) is 0 Å². The van der Waals surface area contributed by atoms with Crippen molar-refractivity contribution in [3.05, 3.63) is 52.7 Å². The van der Waals surface area contributed by atoms with E-state index < -0.39 is 0 Å². The molecule has 0 radical (unpaired) electrons. The van der Waals surface area contributed by atoms with Gasteiger partial charge in [-0.15, -0.1) is 0 Å². The molecule has 3 heteroatoms. The Morgan fingerprint density at radius 1 is 0.909 bits per heavy atom. The van der Waals surface area contributed by atoms with Gasteiger partial charge in [0.25, 0.3) is 0 Å². The highest BCUT2D eigenvalue weighted by molar-refractivity contribution is 5.99. The fourth-order valence-corrected chi connectivity index (χ4v) is 3.56. The van der Waals surface area contributed by atoms with Crippen molar-refractivity contribution in [1.82, 2.24) is 4.98 Å². The molecule has 1 heterocycles. The maximum atomic E-state index is 12.9. The number of rotatable bonds is 2. The number of nitrogens with one attached hydrogen (secondary N) is 2. The Bertz CT molecular complexity index is 875. The van der Waals surface area contributed by atoms with Crippen molar-refractivity contribution in [2.75, 3.05) is 5.32 Å². The second-order valence-corrected chi connectivity index (χ2v) is 6.21. The molecule has 3 aromatic rings.